The van der Waals surface area contributed by atoms with Crippen LogP contribution in [0, 0.1) is 0 Å². The predicted octanol–water partition coefficient (Wildman–Crippen LogP) is 5.39. The van der Waals surface area contributed by atoms with Gasteiger partial charge >= 0.3 is 0 Å². The molecule has 3 nitrogen and oxygen atoms in total. The molecule has 5 heteroatoms. The molecule has 0 saturated heterocycles. The maximum Gasteiger partial charge on any atom is 0.190 e. The summed E-state index contributed by atoms with van der Waals surface area (Å²) < 4.78 is 0. The van der Waals surface area contributed by atoms with Crippen LogP contribution in [0.25, 0.3) is 10.9 Å². The molecule has 21 heavy (non-hydrogen) atoms. The summed E-state index contributed by atoms with van der Waals surface area (Å²) in [4.78, 5) is 9.30. The summed E-state index contributed by atoms with van der Waals surface area (Å²) in [5.74, 6) is 1.96. The summed E-state index contributed by atoms with van der Waals surface area (Å²) >= 11 is 7.83. The molecule has 0 bridgehead atoms. The van der Waals surface area contributed by atoms with Gasteiger partial charge in [0.25, 0.3) is 0 Å². The quantitative estimate of drug-likeness (QED) is 0.401. The lowest BCUT2D eigenvalue weighted by atomic mass is 10.2. The van der Waals surface area contributed by atoms with Crippen LogP contribution in [0.15, 0.2) is 23.4 Å². The molecule has 0 fully saturated rings. The van der Waals surface area contributed by atoms with Gasteiger partial charge in [0.1, 0.15) is 5.82 Å². The highest BCUT2D eigenvalue weighted by Gasteiger charge is 2.08. The van der Waals surface area contributed by atoms with Crippen LogP contribution in [0.1, 0.15) is 39.5 Å². The van der Waals surface area contributed by atoms with E-state index >= 15 is 0 Å². The fraction of sp³-hybridized carbons (Fsp3) is 0.500. The summed E-state index contributed by atoms with van der Waals surface area (Å²) in [5, 5.41) is 5.99. The van der Waals surface area contributed by atoms with Gasteiger partial charge in [-0.15, -0.1) is 0 Å². The van der Waals surface area contributed by atoms with E-state index in [1.807, 2.05) is 18.2 Å². The first kappa shape index (κ1) is 16.4. The first-order valence-corrected chi connectivity index (χ1v) is 8.95. The first-order chi connectivity index (χ1) is 10.2. The second-order valence-corrected chi connectivity index (χ2v) is 6.50. The van der Waals surface area contributed by atoms with E-state index < -0.39 is 0 Å². The Balaban J connectivity index is 2.28. The maximum atomic E-state index is 6.11. The highest BCUT2D eigenvalue weighted by atomic mass is 35.5. The standard InChI is InChI=1S/C16H22ClN3S/c1-3-5-9-18-15-13-11-12(17)7-8-14(13)19-16(20-15)21-10-6-4-2/h7-8,11H,3-6,9-10H2,1-2H3,(H,18,19,20). The number of fused-ring (bicyclic) bond motifs is 1. The van der Waals surface area contributed by atoms with E-state index in [0.29, 0.717) is 0 Å². The Morgan fingerprint density at radius 1 is 1.14 bits per heavy atom. The minimum atomic E-state index is 0.719. The van der Waals surface area contributed by atoms with Crippen molar-refractivity contribution >= 4 is 40.1 Å². The molecule has 0 aliphatic heterocycles. The van der Waals surface area contributed by atoms with Crippen molar-refractivity contribution in [1.82, 2.24) is 9.97 Å². The van der Waals surface area contributed by atoms with E-state index in [0.717, 1.165) is 52.0 Å². The Kier molecular flexibility index (Phi) is 6.58. The summed E-state index contributed by atoms with van der Waals surface area (Å²) in [6.45, 7) is 5.30. The zero-order valence-corrected chi connectivity index (χ0v) is 14.2. The van der Waals surface area contributed by atoms with Crippen LogP contribution in [0.5, 0.6) is 0 Å². The molecule has 1 heterocycles. The Labute approximate surface area is 135 Å². The number of thioether (sulfide) groups is 1. The number of hydrogen-bond acceptors (Lipinski definition) is 4. The minimum absolute atomic E-state index is 0.719. The summed E-state index contributed by atoms with van der Waals surface area (Å²) in [7, 11) is 0. The molecule has 0 aliphatic carbocycles. The molecule has 114 valence electrons. The summed E-state index contributed by atoms with van der Waals surface area (Å²) in [6.07, 6.45) is 4.67. The van der Waals surface area contributed by atoms with Crippen molar-refractivity contribution in [2.24, 2.45) is 0 Å². The van der Waals surface area contributed by atoms with Crippen molar-refractivity contribution in [3.05, 3.63) is 23.2 Å². The molecule has 0 saturated carbocycles. The Bertz CT molecular complexity index is 589. The summed E-state index contributed by atoms with van der Waals surface area (Å²) in [5.41, 5.74) is 0.951. The number of benzene rings is 1. The van der Waals surface area contributed by atoms with Gasteiger partial charge in [-0.05, 0) is 31.0 Å². The topological polar surface area (TPSA) is 37.8 Å². The van der Waals surface area contributed by atoms with Crippen LogP contribution in [-0.4, -0.2) is 22.3 Å². The van der Waals surface area contributed by atoms with Crippen molar-refractivity contribution in [3.63, 3.8) is 0 Å². The zero-order valence-electron chi connectivity index (χ0n) is 12.7. The second kappa shape index (κ2) is 8.44. The molecule has 1 aromatic carbocycles. The molecule has 0 radical (unpaired) electrons. The molecule has 0 aliphatic rings. The fourth-order valence-electron chi connectivity index (χ4n) is 1.97. The lowest BCUT2D eigenvalue weighted by molar-refractivity contribution is 0.828. The van der Waals surface area contributed by atoms with E-state index in [9.17, 15) is 0 Å². The Hall–Kier alpha value is -1.00. The number of nitrogens with zero attached hydrogens (tertiary/aromatic N) is 2. The predicted molar refractivity (Wildman–Crippen MR) is 93.6 cm³/mol. The monoisotopic (exact) mass is 323 g/mol. The van der Waals surface area contributed by atoms with Crippen molar-refractivity contribution < 1.29 is 0 Å². The van der Waals surface area contributed by atoms with Crippen LogP contribution < -0.4 is 5.32 Å². The normalized spacial score (nSPS) is 11.0. The van der Waals surface area contributed by atoms with Crippen molar-refractivity contribution in [3.8, 4) is 0 Å². The molecule has 2 aromatic rings. The van der Waals surface area contributed by atoms with Gasteiger partial charge in [0.15, 0.2) is 5.16 Å². The van der Waals surface area contributed by atoms with Gasteiger partial charge < -0.3 is 5.32 Å². The average molecular weight is 324 g/mol. The van der Waals surface area contributed by atoms with Crippen LogP contribution in [0.2, 0.25) is 5.02 Å². The van der Waals surface area contributed by atoms with E-state index in [1.165, 1.54) is 12.8 Å². The van der Waals surface area contributed by atoms with Gasteiger partial charge in [-0.1, -0.05) is 50.1 Å². The third-order valence-electron chi connectivity index (χ3n) is 3.19. The molecular formula is C16H22ClN3S. The van der Waals surface area contributed by atoms with E-state index in [4.69, 9.17) is 11.6 Å². The number of aromatic nitrogens is 2. The van der Waals surface area contributed by atoms with Gasteiger partial charge in [-0.25, -0.2) is 9.97 Å². The molecule has 1 N–H and O–H groups in total. The molecule has 0 spiro atoms. The molecule has 0 amide bonds. The molecule has 0 atom stereocenters. The molecule has 0 unspecified atom stereocenters. The number of unbranched alkanes of at least 4 members (excludes halogenated alkanes) is 2. The number of hydrogen-bond donors (Lipinski definition) is 1. The maximum absolute atomic E-state index is 6.11. The minimum Gasteiger partial charge on any atom is -0.369 e. The van der Waals surface area contributed by atoms with E-state index in [1.54, 1.807) is 11.8 Å². The molecule has 1 aromatic heterocycles. The third-order valence-corrected chi connectivity index (χ3v) is 4.36. The number of halogens is 1. The van der Waals surface area contributed by atoms with Gasteiger partial charge in [0, 0.05) is 22.7 Å². The SMILES string of the molecule is CCCCNc1nc(SCCCC)nc2ccc(Cl)cc12. The average Bonchev–Trinajstić information content (AvgIpc) is 2.48. The Morgan fingerprint density at radius 2 is 1.95 bits per heavy atom. The Morgan fingerprint density at radius 3 is 2.71 bits per heavy atom. The fourth-order valence-corrected chi connectivity index (χ4v) is 3.08. The van der Waals surface area contributed by atoms with Gasteiger partial charge in [-0.3, -0.25) is 0 Å². The second-order valence-electron chi connectivity index (χ2n) is 5.00. The van der Waals surface area contributed by atoms with Crippen molar-refractivity contribution in [2.45, 2.75) is 44.7 Å². The van der Waals surface area contributed by atoms with Crippen LogP contribution in [0.3, 0.4) is 0 Å². The van der Waals surface area contributed by atoms with E-state index in [2.05, 4.69) is 29.1 Å². The van der Waals surface area contributed by atoms with Crippen LogP contribution in [-0.2, 0) is 0 Å². The van der Waals surface area contributed by atoms with Crippen LogP contribution in [0.4, 0.5) is 5.82 Å². The summed E-state index contributed by atoms with van der Waals surface area (Å²) in [6, 6.07) is 5.78. The van der Waals surface area contributed by atoms with Crippen LogP contribution >= 0.6 is 23.4 Å². The largest absolute Gasteiger partial charge is 0.369 e. The zero-order chi connectivity index (χ0) is 15.1. The number of anilines is 1. The van der Waals surface area contributed by atoms with Crippen molar-refractivity contribution in [1.29, 1.82) is 0 Å². The number of rotatable bonds is 8. The highest BCUT2D eigenvalue weighted by Crippen LogP contribution is 2.27. The third kappa shape index (κ3) is 4.75. The lowest BCUT2D eigenvalue weighted by Gasteiger charge is -2.10. The molecule has 2 rings (SSSR count). The smallest absolute Gasteiger partial charge is 0.190 e. The first-order valence-electron chi connectivity index (χ1n) is 7.58. The van der Waals surface area contributed by atoms with Gasteiger partial charge in [0.05, 0.1) is 5.52 Å². The lowest BCUT2D eigenvalue weighted by Crippen LogP contribution is -2.05. The van der Waals surface area contributed by atoms with E-state index in [-0.39, 0.29) is 0 Å². The van der Waals surface area contributed by atoms with Gasteiger partial charge in [0.2, 0.25) is 0 Å². The van der Waals surface area contributed by atoms with Gasteiger partial charge in [-0.2, -0.15) is 0 Å². The molecular weight excluding hydrogens is 302 g/mol. The highest BCUT2D eigenvalue weighted by molar-refractivity contribution is 7.99. The van der Waals surface area contributed by atoms with Crippen molar-refractivity contribution in [2.75, 3.05) is 17.6 Å². The number of nitrogens with one attached hydrogen (secondary N) is 1.